The summed E-state index contributed by atoms with van der Waals surface area (Å²) in [5.74, 6) is 3.14. The average Bonchev–Trinajstić information content (AvgIpc) is 3.09. The Labute approximate surface area is 358 Å². The highest BCUT2D eigenvalue weighted by Crippen LogP contribution is 2.49. The second-order valence-electron chi connectivity index (χ2n) is 21.2. The standard InChI is InChI=1S/C48H96NO8P/c1-37(2)20-14-22-39(5)24-16-26-41(7)28-18-30-43(9)32-46(52)48(36-49(11,12)13,57-58(54,55)56-35-45(51)34-50)47(53)33-44(10)31-19-29-42(8)27-17-25-40(6)23-15-21-38(3)4/h37-45,50-51H,14-36H2,1-13H3/p+1. The first-order valence-electron chi connectivity index (χ1n) is 23.7. The van der Waals surface area contributed by atoms with Crippen molar-refractivity contribution < 1.29 is 42.8 Å². The van der Waals surface area contributed by atoms with Crippen LogP contribution >= 0.6 is 7.82 Å². The first-order valence-corrected chi connectivity index (χ1v) is 25.2. The molecule has 0 amide bonds. The maximum atomic E-state index is 14.5. The molecule has 0 bridgehead atoms. The van der Waals surface area contributed by atoms with E-state index in [9.17, 15) is 29.3 Å². The fourth-order valence-corrected chi connectivity index (χ4v) is 9.41. The van der Waals surface area contributed by atoms with Gasteiger partial charge in [-0.1, -0.05) is 185 Å². The Balaban J connectivity index is 5.61. The molecule has 0 aliphatic rings. The molecule has 0 saturated heterocycles. The number of aliphatic hydroxyl groups excluding tert-OH is 2. The minimum atomic E-state index is -5.01. The molecule has 0 fully saturated rings. The van der Waals surface area contributed by atoms with Crippen LogP contribution in [0.2, 0.25) is 0 Å². The van der Waals surface area contributed by atoms with Crippen LogP contribution in [0, 0.1) is 47.3 Å². The number of Topliss-reactive ketones (excluding diaryl/α,β-unsaturated/α-hetero) is 2. The van der Waals surface area contributed by atoms with Crippen molar-refractivity contribution >= 4 is 19.4 Å². The summed E-state index contributed by atoms with van der Waals surface area (Å²) in [7, 11) is 0.464. The third-order valence-electron chi connectivity index (χ3n) is 12.1. The number of likely N-dealkylation sites (N-methyl/N-ethyl adjacent to an activating group) is 1. The summed E-state index contributed by atoms with van der Waals surface area (Å²) in [4.78, 5) is 39.8. The summed E-state index contributed by atoms with van der Waals surface area (Å²) in [6.45, 7) is 21.0. The number of carbonyl (C=O) groups is 2. The Hall–Kier alpha value is -0.670. The van der Waals surface area contributed by atoms with Gasteiger partial charge < -0.3 is 19.6 Å². The maximum absolute atomic E-state index is 14.5. The largest absolute Gasteiger partial charge is 0.473 e. The number of aliphatic hydroxyl groups is 2. The fourth-order valence-electron chi connectivity index (χ4n) is 8.34. The zero-order valence-electron chi connectivity index (χ0n) is 40.2. The maximum Gasteiger partial charge on any atom is 0.473 e. The summed E-state index contributed by atoms with van der Waals surface area (Å²) in [5, 5.41) is 19.1. The van der Waals surface area contributed by atoms with E-state index in [1.54, 1.807) is 0 Å². The topological polar surface area (TPSA) is 130 Å². The van der Waals surface area contributed by atoms with Gasteiger partial charge in [-0.15, -0.1) is 0 Å². The van der Waals surface area contributed by atoms with Crippen molar-refractivity contribution in [2.24, 2.45) is 47.3 Å². The number of carbonyl (C=O) groups excluding carboxylic acids is 2. The molecule has 9 nitrogen and oxygen atoms in total. The number of rotatable bonds is 38. The molecule has 58 heavy (non-hydrogen) atoms. The number of phosphoric ester groups is 1. The number of quaternary nitrogens is 1. The summed E-state index contributed by atoms with van der Waals surface area (Å²) in [5.41, 5.74) is -2.20. The average molecular weight is 847 g/mol. The van der Waals surface area contributed by atoms with Gasteiger partial charge in [0.25, 0.3) is 0 Å². The summed E-state index contributed by atoms with van der Waals surface area (Å²) >= 11 is 0. The van der Waals surface area contributed by atoms with Crippen LogP contribution in [0.5, 0.6) is 0 Å². The zero-order valence-corrected chi connectivity index (χ0v) is 41.1. The Morgan fingerprint density at radius 1 is 0.552 bits per heavy atom. The molecule has 8 unspecified atom stereocenters. The van der Waals surface area contributed by atoms with Gasteiger partial charge >= 0.3 is 7.82 Å². The van der Waals surface area contributed by atoms with E-state index in [0.717, 1.165) is 62.2 Å². The van der Waals surface area contributed by atoms with Crippen LogP contribution in [-0.2, 0) is 23.2 Å². The highest BCUT2D eigenvalue weighted by atomic mass is 31.2. The molecule has 0 aliphatic carbocycles. The molecule has 0 radical (unpaired) electrons. The number of ketones is 2. The van der Waals surface area contributed by atoms with Crippen LogP contribution in [-0.4, -0.2) is 83.8 Å². The summed E-state index contributed by atoms with van der Waals surface area (Å²) in [6, 6.07) is 0. The minimum absolute atomic E-state index is 0.0372. The molecule has 8 atom stereocenters. The van der Waals surface area contributed by atoms with E-state index >= 15 is 0 Å². The van der Waals surface area contributed by atoms with Gasteiger partial charge in [0, 0.05) is 12.8 Å². The van der Waals surface area contributed by atoms with Crippen LogP contribution in [0.1, 0.15) is 198 Å². The predicted molar refractivity (Wildman–Crippen MR) is 243 cm³/mol. The van der Waals surface area contributed by atoms with Crippen molar-refractivity contribution in [2.45, 2.75) is 209 Å². The van der Waals surface area contributed by atoms with Crippen molar-refractivity contribution in [3.05, 3.63) is 0 Å². The Morgan fingerprint density at radius 3 is 1.12 bits per heavy atom. The highest BCUT2D eigenvalue weighted by molar-refractivity contribution is 7.47. The van der Waals surface area contributed by atoms with Gasteiger partial charge in [0.2, 0.25) is 5.60 Å². The first-order chi connectivity index (χ1) is 26.9. The van der Waals surface area contributed by atoms with Gasteiger partial charge in [0.1, 0.15) is 12.6 Å². The van der Waals surface area contributed by atoms with E-state index in [1.165, 1.54) is 77.0 Å². The van der Waals surface area contributed by atoms with E-state index in [4.69, 9.17) is 9.05 Å². The Morgan fingerprint density at radius 2 is 0.845 bits per heavy atom. The molecule has 0 aromatic heterocycles. The monoisotopic (exact) mass is 847 g/mol. The Bertz CT molecular complexity index is 1070. The number of phosphoric acid groups is 1. The highest BCUT2D eigenvalue weighted by Gasteiger charge is 2.55. The van der Waals surface area contributed by atoms with Crippen LogP contribution in [0.4, 0.5) is 0 Å². The second kappa shape index (κ2) is 30.4. The molecule has 0 spiro atoms. The van der Waals surface area contributed by atoms with Crippen molar-refractivity contribution in [3.8, 4) is 0 Å². The number of nitrogens with zero attached hydrogens (tertiary/aromatic N) is 1. The number of hydrogen-bond acceptors (Lipinski definition) is 7. The predicted octanol–water partition coefficient (Wildman–Crippen LogP) is 12.0. The normalized spacial score (nSPS) is 18.3. The summed E-state index contributed by atoms with van der Waals surface area (Å²) < 4.78 is 24.4. The zero-order chi connectivity index (χ0) is 44.5. The van der Waals surface area contributed by atoms with E-state index < -0.39 is 44.3 Å². The third kappa shape index (κ3) is 28.8. The summed E-state index contributed by atoms with van der Waals surface area (Å²) in [6.07, 6.45) is 19.6. The second-order valence-corrected chi connectivity index (χ2v) is 22.6. The third-order valence-corrected chi connectivity index (χ3v) is 13.1. The van der Waals surface area contributed by atoms with Crippen molar-refractivity contribution in [1.82, 2.24) is 0 Å². The molecule has 0 aliphatic heterocycles. The molecule has 3 N–H and O–H groups in total. The van der Waals surface area contributed by atoms with Crippen LogP contribution in [0.25, 0.3) is 0 Å². The lowest BCUT2D eigenvalue weighted by Crippen LogP contribution is -2.60. The molecule has 0 aromatic rings. The molecule has 0 rings (SSSR count). The SMILES string of the molecule is CC(C)CCCC(C)CCCC(C)CCCC(C)CC(=O)C(C[N+](C)(C)C)(OP(=O)(O)OCC(O)CO)C(=O)CC(C)CCCC(C)CCCC(C)CCCC(C)C. The minimum Gasteiger partial charge on any atom is -0.394 e. The quantitative estimate of drug-likeness (QED) is 0.0318. The molecule has 10 heteroatoms. The van der Waals surface area contributed by atoms with Crippen molar-refractivity contribution in [2.75, 3.05) is 40.9 Å². The van der Waals surface area contributed by atoms with Gasteiger partial charge in [-0.25, -0.2) is 4.57 Å². The fraction of sp³-hybridized carbons (Fsp3) is 0.958. The molecule has 0 aromatic carbocycles. The molecule has 0 saturated carbocycles. The van der Waals surface area contributed by atoms with Gasteiger partial charge in [-0.3, -0.25) is 18.6 Å². The van der Waals surface area contributed by atoms with E-state index in [2.05, 4.69) is 55.4 Å². The van der Waals surface area contributed by atoms with Crippen molar-refractivity contribution in [3.63, 3.8) is 0 Å². The lowest BCUT2D eigenvalue weighted by molar-refractivity contribution is -0.874. The van der Waals surface area contributed by atoms with Crippen LogP contribution in [0.3, 0.4) is 0 Å². The first kappa shape index (κ1) is 57.3. The lowest BCUT2D eigenvalue weighted by Gasteiger charge is -2.38. The molecular weight excluding hydrogens is 750 g/mol. The van der Waals surface area contributed by atoms with Crippen LogP contribution in [0.15, 0.2) is 0 Å². The van der Waals surface area contributed by atoms with Gasteiger partial charge in [-0.05, 0) is 47.3 Å². The number of hydrogen-bond donors (Lipinski definition) is 3. The van der Waals surface area contributed by atoms with E-state index in [1.807, 2.05) is 35.0 Å². The molecule has 0 heterocycles. The lowest BCUT2D eigenvalue weighted by atomic mass is 9.81. The smallest absolute Gasteiger partial charge is 0.394 e. The van der Waals surface area contributed by atoms with Crippen molar-refractivity contribution in [1.29, 1.82) is 0 Å². The van der Waals surface area contributed by atoms with Gasteiger partial charge in [-0.2, -0.15) is 0 Å². The van der Waals surface area contributed by atoms with Gasteiger partial charge in [0.05, 0.1) is 34.4 Å². The van der Waals surface area contributed by atoms with E-state index in [-0.39, 0.29) is 35.7 Å². The molecular formula is C48H97NO8P+. The van der Waals surface area contributed by atoms with Gasteiger partial charge in [0.15, 0.2) is 11.6 Å². The van der Waals surface area contributed by atoms with Crippen LogP contribution < -0.4 is 0 Å². The Kier molecular flexibility index (Phi) is 30.0. The molecule has 346 valence electrons. The van der Waals surface area contributed by atoms with E-state index in [0.29, 0.717) is 11.8 Å².